The van der Waals surface area contributed by atoms with Gasteiger partial charge in [-0.25, -0.2) is 4.79 Å². The molecule has 0 unspecified atom stereocenters. The van der Waals surface area contributed by atoms with Crippen LogP contribution in [0.2, 0.25) is 0 Å². The maximum atomic E-state index is 11.9. The Balaban J connectivity index is 1.61. The molecule has 0 radical (unpaired) electrons. The number of hydrogen-bond acceptors (Lipinski definition) is 5. The molecule has 0 saturated carbocycles. The lowest BCUT2D eigenvalue weighted by atomic mass is 10.3. The molecule has 3 aromatic rings. The third-order valence-corrected chi connectivity index (χ3v) is 3.25. The first-order valence-corrected chi connectivity index (χ1v) is 6.91. The van der Waals surface area contributed by atoms with Crippen LogP contribution in [0, 0.1) is 6.92 Å². The fraction of sp³-hybridized carbons (Fsp3) is 0.267. The van der Waals surface area contributed by atoms with E-state index in [1.54, 1.807) is 24.3 Å². The highest BCUT2D eigenvalue weighted by molar-refractivity contribution is 5.79. The third-order valence-electron chi connectivity index (χ3n) is 3.25. The molecule has 114 valence electrons. The number of nitrogens with one attached hydrogen (secondary N) is 1. The molecule has 0 bridgehead atoms. The molecule has 0 aliphatic heterocycles. The van der Waals surface area contributed by atoms with Crippen LogP contribution in [0.25, 0.3) is 11.1 Å². The molecule has 22 heavy (non-hydrogen) atoms. The van der Waals surface area contributed by atoms with Crippen molar-refractivity contribution in [3.63, 3.8) is 0 Å². The predicted octanol–water partition coefficient (Wildman–Crippen LogP) is 1.25. The molecule has 7 heteroatoms. The van der Waals surface area contributed by atoms with E-state index in [9.17, 15) is 9.59 Å². The Kier molecular flexibility index (Phi) is 3.78. The number of carbonyl (C=O) groups is 1. The van der Waals surface area contributed by atoms with Gasteiger partial charge < -0.3 is 14.3 Å². The van der Waals surface area contributed by atoms with Gasteiger partial charge in [0.1, 0.15) is 12.3 Å². The molecule has 3 rings (SSSR count). The second kappa shape index (κ2) is 5.88. The standard InChI is InChI=1S/C15H15N3O4/c1-10-8-11(22-17-10)6-7-16-14(19)9-18-12-4-2-3-5-13(12)21-15(18)20/h2-5,8H,6-7,9H2,1H3,(H,16,19). The summed E-state index contributed by atoms with van der Waals surface area (Å²) in [6, 6.07) is 8.81. The van der Waals surface area contributed by atoms with Gasteiger partial charge in [-0.2, -0.15) is 0 Å². The first-order valence-electron chi connectivity index (χ1n) is 6.91. The topological polar surface area (TPSA) is 90.3 Å². The number of para-hydroxylation sites is 2. The second-order valence-electron chi connectivity index (χ2n) is 4.96. The molecule has 0 aliphatic carbocycles. The van der Waals surface area contributed by atoms with Gasteiger partial charge in [0.25, 0.3) is 0 Å². The van der Waals surface area contributed by atoms with Crippen molar-refractivity contribution < 1.29 is 13.7 Å². The molecule has 1 N–H and O–H groups in total. The van der Waals surface area contributed by atoms with Gasteiger partial charge in [0, 0.05) is 19.0 Å². The zero-order chi connectivity index (χ0) is 15.5. The van der Waals surface area contributed by atoms with Gasteiger partial charge in [-0.05, 0) is 19.1 Å². The molecule has 0 atom stereocenters. The SMILES string of the molecule is Cc1cc(CCNC(=O)Cn2c(=O)oc3ccccc32)on1. The van der Waals surface area contributed by atoms with Crippen LogP contribution in [0.15, 0.2) is 44.1 Å². The summed E-state index contributed by atoms with van der Waals surface area (Å²) in [7, 11) is 0. The molecule has 2 aromatic heterocycles. The highest BCUT2D eigenvalue weighted by atomic mass is 16.5. The van der Waals surface area contributed by atoms with Crippen molar-refractivity contribution in [2.45, 2.75) is 19.9 Å². The van der Waals surface area contributed by atoms with E-state index in [-0.39, 0.29) is 12.5 Å². The zero-order valence-corrected chi connectivity index (χ0v) is 12.0. The Bertz CT molecular complexity index is 859. The molecule has 0 fully saturated rings. The van der Waals surface area contributed by atoms with Crippen molar-refractivity contribution >= 4 is 17.0 Å². The average Bonchev–Trinajstić information content (AvgIpc) is 3.03. The van der Waals surface area contributed by atoms with Crippen LogP contribution in [0.5, 0.6) is 0 Å². The van der Waals surface area contributed by atoms with Gasteiger partial charge in [0.15, 0.2) is 5.58 Å². The number of hydrogen-bond donors (Lipinski definition) is 1. The number of nitrogens with zero attached hydrogens (tertiary/aromatic N) is 2. The van der Waals surface area contributed by atoms with E-state index in [0.717, 1.165) is 5.69 Å². The average molecular weight is 301 g/mol. The molecular formula is C15H15N3O4. The number of oxazole rings is 1. The van der Waals surface area contributed by atoms with Gasteiger partial charge in [-0.1, -0.05) is 17.3 Å². The molecule has 0 saturated heterocycles. The molecule has 0 aliphatic rings. The van der Waals surface area contributed by atoms with E-state index in [1.165, 1.54) is 4.57 Å². The summed E-state index contributed by atoms with van der Waals surface area (Å²) >= 11 is 0. The number of amides is 1. The minimum absolute atomic E-state index is 0.0781. The Hall–Kier alpha value is -2.83. The summed E-state index contributed by atoms with van der Waals surface area (Å²) in [6.07, 6.45) is 0.549. The van der Waals surface area contributed by atoms with Gasteiger partial charge in [-0.3, -0.25) is 9.36 Å². The van der Waals surface area contributed by atoms with Crippen LogP contribution in [-0.4, -0.2) is 22.2 Å². The molecular weight excluding hydrogens is 286 g/mol. The zero-order valence-electron chi connectivity index (χ0n) is 12.0. The van der Waals surface area contributed by atoms with Crippen molar-refractivity contribution in [3.05, 3.63) is 52.3 Å². The number of aryl methyl sites for hydroxylation is 1. The fourth-order valence-electron chi connectivity index (χ4n) is 2.22. The Morgan fingerprint density at radius 3 is 2.95 bits per heavy atom. The van der Waals surface area contributed by atoms with Gasteiger partial charge in [0.2, 0.25) is 5.91 Å². The number of fused-ring (bicyclic) bond motifs is 1. The Morgan fingerprint density at radius 2 is 2.18 bits per heavy atom. The van der Waals surface area contributed by atoms with Crippen molar-refractivity contribution in [1.29, 1.82) is 0 Å². The lowest BCUT2D eigenvalue weighted by Crippen LogP contribution is -2.32. The normalized spacial score (nSPS) is 11.0. The maximum absolute atomic E-state index is 11.9. The summed E-state index contributed by atoms with van der Waals surface area (Å²) in [5.74, 6) is -0.0872. The Morgan fingerprint density at radius 1 is 1.36 bits per heavy atom. The lowest BCUT2D eigenvalue weighted by molar-refractivity contribution is -0.121. The summed E-state index contributed by atoms with van der Waals surface area (Å²) in [5.41, 5.74) is 1.88. The van der Waals surface area contributed by atoms with Crippen molar-refractivity contribution in [1.82, 2.24) is 15.0 Å². The smallest absolute Gasteiger partial charge is 0.408 e. The first kappa shape index (κ1) is 14.1. The van der Waals surface area contributed by atoms with Crippen molar-refractivity contribution in [2.24, 2.45) is 0 Å². The van der Waals surface area contributed by atoms with Gasteiger partial charge in [-0.15, -0.1) is 0 Å². The molecule has 1 aromatic carbocycles. The fourth-order valence-corrected chi connectivity index (χ4v) is 2.22. The quantitative estimate of drug-likeness (QED) is 0.766. The first-order chi connectivity index (χ1) is 10.6. The van der Waals surface area contributed by atoms with E-state index < -0.39 is 5.76 Å². The largest absolute Gasteiger partial charge is 0.420 e. The monoisotopic (exact) mass is 301 g/mol. The van der Waals surface area contributed by atoms with Crippen molar-refractivity contribution in [3.8, 4) is 0 Å². The Labute approximate surface area is 125 Å². The van der Waals surface area contributed by atoms with Crippen LogP contribution in [0.4, 0.5) is 0 Å². The number of benzene rings is 1. The minimum atomic E-state index is -0.540. The molecule has 0 spiro atoms. The molecule has 2 heterocycles. The predicted molar refractivity (Wildman–Crippen MR) is 78.4 cm³/mol. The van der Waals surface area contributed by atoms with Crippen LogP contribution in [0.1, 0.15) is 11.5 Å². The summed E-state index contributed by atoms with van der Waals surface area (Å²) in [6.45, 7) is 2.17. The minimum Gasteiger partial charge on any atom is -0.408 e. The highest BCUT2D eigenvalue weighted by Crippen LogP contribution is 2.11. The van der Waals surface area contributed by atoms with E-state index in [0.29, 0.717) is 29.8 Å². The van der Waals surface area contributed by atoms with E-state index in [4.69, 9.17) is 8.94 Å². The van der Waals surface area contributed by atoms with Gasteiger partial charge in [0.05, 0.1) is 11.2 Å². The van der Waals surface area contributed by atoms with Gasteiger partial charge >= 0.3 is 5.76 Å². The number of rotatable bonds is 5. The van der Waals surface area contributed by atoms with Crippen LogP contribution in [0.3, 0.4) is 0 Å². The lowest BCUT2D eigenvalue weighted by Gasteiger charge is -2.04. The van der Waals surface area contributed by atoms with Crippen LogP contribution >= 0.6 is 0 Å². The van der Waals surface area contributed by atoms with E-state index in [1.807, 2.05) is 13.0 Å². The van der Waals surface area contributed by atoms with E-state index >= 15 is 0 Å². The second-order valence-corrected chi connectivity index (χ2v) is 4.96. The van der Waals surface area contributed by atoms with Crippen LogP contribution < -0.4 is 11.1 Å². The van der Waals surface area contributed by atoms with E-state index in [2.05, 4.69) is 10.5 Å². The van der Waals surface area contributed by atoms with Crippen LogP contribution in [-0.2, 0) is 17.8 Å². The number of aromatic nitrogens is 2. The molecule has 7 nitrogen and oxygen atoms in total. The maximum Gasteiger partial charge on any atom is 0.420 e. The summed E-state index contributed by atoms with van der Waals surface area (Å²) in [4.78, 5) is 23.7. The number of carbonyl (C=O) groups excluding carboxylic acids is 1. The van der Waals surface area contributed by atoms with Crippen molar-refractivity contribution in [2.75, 3.05) is 6.54 Å². The molecule has 1 amide bonds. The highest BCUT2D eigenvalue weighted by Gasteiger charge is 2.12. The summed E-state index contributed by atoms with van der Waals surface area (Å²) in [5, 5.41) is 6.52. The third kappa shape index (κ3) is 2.93. The summed E-state index contributed by atoms with van der Waals surface area (Å²) < 4.78 is 11.4.